The van der Waals surface area contributed by atoms with Crippen LogP contribution in [0, 0.1) is 11.6 Å². The quantitative estimate of drug-likeness (QED) is 0.250. The maximum atomic E-state index is 13.7. The highest BCUT2D eigenvalue weighted by molar-refractivity contribution is 5.80. The number of benzene rings is 4. The minimum Gasteiger partial charge on any atom is -0.354 e. The fraction of sp³-hybridized carbons (Fsp3) is 0.0323. The van der Waals surface area contributed by atoms with Crippen LogP contribution in [0.25, 0.3) is 11.0 Å². The van der Waals surface area contributed by atoms with Crippen LogP contribution in [0.1, 0.15) is 16.7 Å². The van der Waals surface area contributed by atoms with Gasteiger partial charge in [-0.15, -0.1) is 0 Å². The minimum absolute atomic E-state index is 0.304. The van der Waals surface area contributed by atoms with E-state index in [1.54, 1.807) is 12.4 Å². The molecule has 6 aromatic rings. The highest BCUT2D eigenvalue weighted by Crippen LogP contribution is 2.42. The van der Waals surface area contributed by atoms with Crippen LogP contribution in [0.4, 0.5) is 20.2 Å². The molecule has 0 fully saturated rings. The number of nitrogens with one attached hydrogen (secondary N) is 1. The Kier molecular flexibility index (Phi) is 5.69. The van der Waals surface area contributed by atoms with Gasteiger partial charge in [-0.05, 0) is 34.9 Å². The van der Waals surface area contributed by atoms with Crippen molar-refractivity contribution in [1.29, 1.82) is 0 Å². The van der Waals surface area contributed by atoms with Gasteiger partial charge in [0.25, 0.3) is 0 Å². The van der Waals surface area contributed by atoms with Crippen molar-refractivity contribution in [3.05, 3.63) is 156 Å². The van der Waals surface area contributed by atoms with Gasteiger partial charge in [-0.2, -0.15) is 5.10 Å². The van der Waals surface area contributed by atoms with Gasteiger partial charge in [0.1, 0.15) is 17.2 Å². The Morgan fingerprint density at radius 2 is 1.11 bits per heavy atom. The molecule has 0 bridgehead atoms. The number of hydrogen-bond donors (Lipinski definition) is 1. The lowest BCUT2D eigenvalue weighted by Gasteiger charge is -2.36. The van der Waals surface area contributed by atoms with E-state index in [0.29, 0.717) is 17.0 Å². The van der Waals surface area contributed by atoms with E-state index in [1.807, 2.05) is 65.3 Å². The van der Waals surface area contributed by atoms with E-state index in [9.17, 15) is 8.78 Å². The number of anilines is 2. The molecular weight excluding hydrogens is 466 g/mol. The Labute approximate surface area is 212 Å². The van der Waals surface area contributed by atoms with Crippen molar-refractivity contribution >= 4 is 22.4 Å². The molecule has 4 nitrogen and oxygen atoms in total. The Hall–Kier alpha value is -4.84. The fourth-order valence-electron chi connectivity index (χ4n) is 4.93. The van der Waals surface area contributed by atoms with Crippen LogP contribution >= 0.6 is 0 Å². The number of halogens is 2. The molecule has 37 heavy (non-hydrogen) atoms. The maximum absolute atomic E-state index is 13.7. The summed E-state index contributed by atoms with van der Waals surface area (Å²) in [6.07, 6.45) is 3.41. The molecule has 6 heteroatoms. The Morgan fingerprint density at radius 1 is 0.595 bits per heavy atom. The second kappa shape index (κ2) is 9.32. The number of fused-ring (bicyclic) bond motifs is 1. The standard InChI is InChI=1S/C31H22F2N4/c32-26-17-27(33)19-28(18-26)36-29-16-22-20-35-37(30(22)34-21-29)31(23-10-4-1-5-11-23,24-12-6-2-7-13-24)25-14-8-3-9-15-25/h1-21,36H. The van der Waals surface area contributed by atoms with Crippen molar-refractivity contribution in [3.8, 4) is 0 Å². The lowest BCUT2D eigenvalue weighted by atomic mass is 9.77. The fourth-order valence-corrected chi connectivity index (χ4v) is 4.93. The predicted octanol–water partition coefficient (Wildman–Crippen LogP) is 7.29. The van der Waals surface area contributed by atoms with Crippen molar-refractivity contribution in [1.82, 2.24) is 14.8 Å². The smallest absolute Gasteiger partial charge is 0.159 e. The first kappa shape index (κ1) is 22.6. The topological polar surface area (TPSA) is 42.7 Å². The molecule has 1 N–H and O–H groups in total. The average molecular weight is 489 g/mol. The van der Waals surface area contributed by atoms with Crippen LogP contribution < -0.4 is 5.32 Å². The second-order valence-electron chi connectivity index (χ2n) is 8.78. The van der Waals surface area contributed by atoms with E-state index in [1.165, 1.54) is 12.1 Å². The number of aromatic nitrogens is 3. The van der Waals surface area contributed by atoms with Gasteiger partial charge in [-0.25, -0.2) is 18.4 Å². The summed E-state index contributed by atoms with van der Waals surface area (Å²) >= 11 is 0. The summed E-state index contributed by atoms with van der Waals surface area (Å²) in [7, 11) is 0. The van der Waals surface area contributed by atoms with Gasteiger partial charge in [0, 0.05) is 17.1 Å². The van der Waals surface area contributed by atoms with Gasteiger partial charge in [0.05, 0.1) is 18.1 Å². The molecule has 2 heterocycles. The largest absolute Gasteiger partial charge is 0.354 e. The lowest BCUT2D eigenvalue weighted by molar-refractivity contribution is 0.472. The zero-order chi connectivity index (χ0) is 25.2. The van der Waals surface area contributed by atoms with E-state index < -0.39 is 17.2 Å². The average Bonchev–Trinajstić information content (AvgIpc) is 3.34. The maximum Gasteiger partial charge on any atom is 0.159 e. The second-order valence-corrected chi connectivity index (χ2v) is 8.78. The molecule has 0 spiro atoms. The van der Waals surface area contributed by atoms with Crippen molar-refractivity contribution in [2.45, 2.75) is 5.54 Å². The normalized spacial score (nSPS) is 11.5. The van der Waals surface area contributed by atoms with E-state index in [-0.39, 0.29) is 0 Å². The summed E-state index contributed by atoms with van der Waals surface area (Å²) in [5, 5.41) is 8.71. The number of pyridine rings is 1. The third kappa shape index (κ3) is 4.02. The van der Waals surface area contributed by atoms with Gasteiger partial charge >= 0.3 is 0 Å². The van der Waals surface area contributed by atoms with E-state index in [4.69, 9.17) is 10.1 Å². The van der Waals surface area contributed by atoms with Crippen LogP contribution in [-0.4, -0.2) is 14.8 Å². The predicted molar refractivity (Wildman–Crippen MR) is 142 cm³/mol. The Balaban J connectivity index is 1.56. The number of nitrogens with zero attached hydrogens (tertiary/aromatic N) is 3. The summed E-state index contributed by atoms with van der Waals surface area (Å²) in [4.78, 5) is 4.78. The van der Waals surface area contributed by atoms with Crippen molar-refractivity contribution in [3.63, 3.8) is 0 Å². The summed E-state index contributed by atoms with van der Waals surface area (Å²) in [5.74, 6) is -1.30. The van der Waals surface area contributed by atoms with Gasteiger partial charge in [0.15, 0.2) is 5.65 Å². The number of hydrogen-bond acceptors (Lipinski definition) is 3. The van der Waals surface area contributed by atoms with Crippen molar-refractivity contribution in [2.75, 3.05) is 5.32 Å². The van der Waals surface area contributed by atoms with Crippen LogP contribution in [0.2, 0.25) is 0 Å². The van der Waals surface area contributed by atoms with Gasteiger partial charge in [-0.3, -0.25) is 0 Å². The van der Waals surface area contributed by atoms with Crippen molar-refractivity contribution < 1.29 is 8.78 Å². The molecule has 6 rings (SSSR count). The SMILES string of the molecule is Fc1cc(F)cc(Nc2cnc3c(cnn3C(c3ccccc3)(c3ccccc3)c3ccccc3)c2)c1. The van der Waals surface area contributed by atoms with Gasteiger partial charge in [0.2, 0.25) is 0 Å². The summed E-state index contributed by atoms with van der Waals surface area (Å²) < 4.78 is 29.3. The highest BCUT2D eigenvalue weighted by Gasteiger charge is 2.40. The summed E-state index contributed by atoms with van der Waals surface area (Å²) in [5.41, 5.74) is 3.90. The molecule has 0 amide bonds. The van der Waals surface area contributed by atoms with Gasteiger partial charge in [-0.1, -0.05) is 91.0 Å². The minimum atomic E-state index is -0.792. The Bertz CT molecular complexity index is 1550. The molecule has 0 saturated heterocycles. The molecular formula is C31H22F2N4. The van der Waals surface area contributed by atoms with Crippen LogP contribution in [0.5, 0.6) is 0 Å². The van der Waals surface area contributed by atoms with Crippen LogP contribution in [0.3, 0.4) is 0 Å². The van der Waals surface area contributed by atoms with E-state index in [0.717, 1.165) is 28.1 Å². The number of rotatable bonds is 6. The summed E-state index contributed by atoms with van der Waals surface area (Å²) in [6.45, 7) is 0. The molecule has 4 aromatic carbocycles. The molecule has 0 saturated carbocycles. The van der Waals surface area contributed by atoms with Crippen LogP contribution in [-0.2, 0) is 5.54 Å². The molecule has 0 aliphatic carbocycles. The molecule has 0 radical (unpaired) electrons. The zero-order valence-corrected chi connectivity index (χ0v) is 19.7. The first-order chi connectivity index (χ1) is 18.1. The zero-order valence-electron chi connectivity index (χ0n) is 19.7. The third-order valence-electron chi connectivity index (χ3n) is 6.45. The third-order valence-corrected chi connectivity index (χ3v) is 6.45. The molecule has 0 aliphatic heterocycles. The van der Waals surface area contributed by atoms with Gasteiger partial charge < -0.3 is 5.32 Å². The summed E-state index contributed by atoms with van der Waals surface area (Å²) in [6, 6.07) is 35.9. The Morgan fingerprint density at radius 3 is 1.62 bits per heavy atom. The molecule has 2 aromatic heterocycles. The monoisotopic (exact) mass is 488 g/mol. The molecule has 0 aliphatic rings. The lowest BCUT2D eigenvalue weighted by Crippen LogP contribution is -2.38. The van der Waals surface area contributed by atoms with E-state index >= 15 is 0 Å². The first-order valence-electron chi connectivity index (χ1n) is 11.9. The molecule has 0 unspecified atom stereocenters. The molecule has 0 atom stereocenters. The molecule has 180 valence electrons. The first-order valence-corrected chi connectivity index (χ1v) is 11.9. The van der Waals surface area contributed by atoms with Crippen molar-refractivity contribution in [2.24, 2.45) is 0 Å². The van der Waals surface area contributed by atoms with E-state index in [2.05, 4.69) is 41.7 Å². The van der Waals surface area contributed by atoms with Crippen LogP contribution in [0.15, 0.2) is 128 Å². The highest BCUT2D eigenvalue weighted by atomic mass is 19.1.